The van der Waals surface area contributed by atoms with Crippen molar-refractivity contribution in [2.45, 2.75) is 62.3 Å². The van der Waals surface area contributed by atoms with Crippen LogP contribution in [0.5, 0.6) is 0 Å². The van der Waals surface area contributed by atoms with Crippen molar-refractivity contribution in [2.24, 2.45) is 0 Å². The quantitative estimate of drug-likeness (QED) is 0.0491. The summed E-state index contributed by atoms with van der Waals surface area (Å²) in [5.74, 6) is -71.4. The lowest BCUT2D eigenvalue weighted by molar-refractivity contribution is 0.378. The Hall–Kier alpha value is -6.44. The summed E-state index contributed by atoms with van der Waals surface area (Å²) in [4.78, 5) is 0. The molecule has 0 amide bonds. The molecule has 23 heteroatoms. The van der Waals surface area contributed by atoms with Crippen molar-refractivity contribution in [1.29, 1.82) is 0 Å². The highest BCUT2D eigenvalue weighted by atomic mass is 31.2. The van der Waals surface area contributed by atoms with Crippen molar-refractivity contribution < 1.29 is 92.0 Å². The number of benzene rings is 7. The highest BCUT2D eigenvalue weighted by Gasteiger charge is 2.55. The molecular formula is C51H33BF21P. The van der Waals surface area contributed by atoms with Gasteiger partial charge in [0.05, 0.1) is 0 Å². The van der Waals surface area contributed by atoms with Crippen molar-refractivity contribution in [2.75, 3.05) is 0 Å². The van der Waals surface area contributed by atoms with Crippen molar-refractivity contribution in [3.05, 3.63) is 203 Å². The number of rotatable bonds is 7. The molecule has 0 N–H and O–H groups in total. The summed E-state index contributed by atoms with van der Waals surface area (Å²) < 4.78 is 312. The molecule has 0 radical (unpaired) electrons. The van der Waals surface area contributed by atoms with Crippen molar-refractivity contribution in [3.63, 3.8) is 0 Å². The van der Waals surface area contributed by atoms with Crippen LogP contribution in [0.2, 0.25) is 0 Å². The first-order valence-electron chi connectivity index (χ1n) is 21.2. The topological polar surface area (TPSA) is 0 Å². The van der Waals surface area contributed by atoms with E-state index in [0.29, 0.717) is 0 Å². The molecule has 0 saturated carbocycles. The van der Waals surface area contributed by atoms with Gasteiger partial charge in [0.1, 0.15) is 68.6 Å². The fraction of sp³-hybridized carbons (Fsp3) is 0.176. The van der Waals surface area contributed by atoms with Gasteiger partial charge in [-0.1, -0.05) is 53.1 Å². The van der Waals surface area contributed by atoms with E-state index in [2.05, 4.69) is 98.7 Å². The van der Waals surface area contributed by atoms with E-state index in [9.17, 15) is 52.7 Å². The maximum Gasteiger partial charge on any atom is 0.300 e. The van der Waals surface area contributed by atoms with Crippen LogP contribution in [0.4, 0.5) is 92.0 Å². The molecule has 0 aliphatic rings. The Balaban J connectivity index is 0.000000265. The molecule has 0 aromatic heterocycles. The third-order valence-electron chi connectivity index (χ3n) is 12.5. The second-order valence-corrected chi connectivity index (χ2v) is 20.2. The zero-order valence-corrected chi connectivity index (χ0v) is 40.3. The smallest absolute Gasteiger partial charge is 0.207 e. The zero-order chi connectivity index (χ0) is 56.0. The van der Waals surface area contributed by atoms with Crippen LogP contribution < -0.4 is 37.8 Å². The van der Waals surface area contributed by atoms with Gasteiger partial charge in [-0.05, 0) is 99.9 Å². The lowest BCUT2D eigenvalue weighted by atomic mass is 9.12. The molecule has 0 atom stereocenters. The van der Waals surface area contributed by atoms with E-state index in [1.54, 1.807) is 0 Å². The minimum absolute atomic E-state index is 0.896. The van der Waals surface area contributed by atoms with Gasteiger partial charge in [0, 0.05) is 0 Å². The molecule has 74 heavy (non-hydrogen) atoms. The van der Waals surface area contributed by atoms with Gasteiger partial charge < -0.3 is 0 Å². The Morgan fingerprint density at radius 3 is 0.486 bits per heavy atom. The second kappa shape index (κ2) is 20.0. The van der Waals surface area contributed by atoms with E-state index < -0.39 is 152 Å². The lowest BCUT2D eigenvalue weighted by Crippen LogP contribution is -2.81. The normalized spacial score (nSPS) is 11.9. The number of aryl methyl sites for hydroxylation is 9. The summed E-state index contributed by atoms with van der Waals surface area (Å²) in [5, 5.41) is 2.69. The summed E-state index contributed by atoms with van der Waals surface area (Å²) in [6.45, 7) is 18.7. The van der Waals surface area contributed by atoms with E-state index in [1.165, 1.54) is 16.7 Å². The molecule has 0 aliphatic heterocycles. The van der Waals surface area contributed by atoms with Gasteiger partial charge in [0.2, 0.25) is 0 Å². The number of hydrogen-bond acceptors (Lipinski definition) is 0. The van der Waals surface area contributed by atoms with Crippen LogP contribution in [0.25, 0.3) is 0 Å². The Bertz CT molecular complexity index is 2930. The van der Waals surface area contributed by atoms with Gasteiger partial charge in [-0.25, -0.2) is 87.8 Å². The van der Waals surface area contributed by atoms with Crippen LogP contribution in [-0.2, 0) is 0 Å². The molecule has 0 aliphatic carbocycles. The Morgan fingerprint density at radius 2 is 0.351 bits per heavy atom. The minimum atomic E-state index is -7.22. The number of halogens is 21. The van der Waals surface area contributed by atoms with Gasteiger partial charge in [-0.15, -0.1) is 21.9 Å². The molecule has 0 heterocycles. The molecule has 0 nitrogen and oxygen atoms in total. The van der Waals surface area contributed by atoms with Crippen LogP contribution in [0.15, 0.2) is 36.4 Å². The highest BCUT2D eigenvalue weighted by molar-refractivity contribution is 7.92. The Kier molecular flexibility index (Phi) is 15.4. The van der Waals surface area contributed by atoms with Gasteiger partial charge in [0.25, 0.3) is 0 Å². The summed E-state index contributed by atoms with van der Waals surface area (Å²) in [5.41, 5.74) is -4.46. The van der Waals surface area contributed by atoms with Crippen LogP contribution in [-0.4, -0.2) is 6.15 Å². The highest BCUT2D eigenvalue weighted by Crippen LogP contribution is 2.61. The van der Waals surface area contributed by atoms with E-state index in [-0.39, 0.29) is 0 Å². The Labute approximate surface area is 407 Å². The third-order valence-corrected chi connectivity index (χ3v) is 16.5. The SMILES string of the molecule is Cc1cc(C)c([P+](F)(c2c(C)cc(C)cc2C)c2c(C)cc(C)cc2C)c(C)c1.Fc1c(F)c(F)c([B-](c2c(F)c(F)c(F)c(F)c2F)(c2c(F)c(F)c(F)c(F)c2F)c2c(F)c(F)c(F)c(F)c2F)c(F)c1F. The molecule has 0 saturated heterocycles. The summed E-state index contributed by atoms with van der Waals surface area (Å²) >= 11 is 0. The number of hydrogen-bond donors (Lipinski definition) is 0. The predicted octanol–water partition coefficient (Wildman–Crippen LogP) is 12.5. The third kappa shape index (κ3) is 8.48. The first-order chi connectivity index (χ1) is 34.2. The summed E-state index contributed by atoms with van der Waals surface area (Å²) in [7, 11) is -3.31. The monoisotopic (exact) mass is 1090 g/mol. The first-order valence-corrected chi connectivity index (χ1v) is 22.9. The molecule has 7 aromatic rings. The zero-order valence-electron chi connectivity index (χ0n) is 39.4. The lowest BCUT2D eigenvalue weighted by Gasteiger charge is -2.44. The van der Waals surface area contributed by atoms with E-state index >= 15 is 39.3 Å². The van der Waals surface area contributed by atoms with Crippen LogP contribution in [0, 0.1) is 179 Å². The summed E-state index contributed by atoms with van der Waals surface area (Å²) in [6, 6.07) is 12.8. The minimum Gasteiger partial charge on any atom is -0.207 e. The molecule has 0 fully saturated rings. The van der Waals surface area contributed by atoms with Gasteiger partial charge in [-0.3, -0.25) is 0 Å². The second-order valence-electron chi connectivity index (χ2n) is 17.6. The average molecular weight is 1090 g/mol. The van der Waals surface area contributed by atoms with E-state index in [4.69, 9.17) is 0 Å². The standard InChI is InChI=1S/C27H33FP.C24BF20/c1-16-10-19(4)25(20(5)11-16)29(28,26-21(6)12-17(2)13-22(26)7)27-23(8)14-18(3)15-24(27)9;26-5-1(6(27)14(35)21(42)13(5)34)25(2-7(28)15(36)22(43)16(37)8(2)29,3-9(30)17(38)23(44)18(39)10(3)31)4-11(32)19(40)24(45)20(41)12(4)33/h10-15H,1-9H3;/q+1;-1. The van der Waals surface area contributed by atoms with Gasteiger partial charge in [0.15, 0.2) is 69.8 Å². The van der Waals surface area contributed by atoms with Crippen molar-refractivity contribution >= 4 is 51.5 Å². The van der Waals surface area contributed by atoms with Gasteiger partial charge in [-0.2, -0.15) is 0 Å². The molecule has 7 aromatic carbocycles. The van der Waals surface area contributed by atoms with Crippen LogP contribution in [0.1, 0.15) is 50.1 Å². The van der Waals surface area contributed by atoms with Crippen molar-refractivity contribution in [1.82, 2.24) is 0 Å². The summed E-state index contributed by atoms with van der Waals surface area (Å²) in [6.07, 6.45) is -7.22. The first kappa shape index (κ1) is 56.9. The van der Waals surface area contributed by atoms with Crippen LogP contribution >= 0.6 is 7.57 Å². The molecule has 0 bridgehead atoms. The largest absolute Gasteiger partial charge is 0.300 e. The molecule has 7 rings (SSSR count). The fourth-order valence-electron chi connectivity index (χ4n) is 10.2. The van der Waals surface area contributed by atoms with Crippen LogP contribution in [0.3, 0.4) is 0 Å². The fourth-order valence-corrected chi connectivity index (χ4v) is 14.2. The Morgan fingerprint density at radius 1 is 0.230 bits per heavy atom. The molecule has 0 unspecified atom stereocenters. The van der Waals surface area contributed by atoms with E-state index in [1.807, 2.05) is 0 Å². The molecule has 0 spiro atoms. The van der Waals surface area contributed by atoms with Crippen molar-refractivity contribution in [3.8, 4) is 0 Å². The molecule has 392 valence electrons. The van der Waals surface area contributed by atoms with E-state index in [0.717, 1.165) is 49.3 Å². The average Bonchev–Trinajstić information content (AvgIpc) is 3.30. The predicted molar refractivity (Wildman–Crippen MR) is 238 cm³/mol. The molecular weight excluding hydrogens is 1050 g/mol. The maximum absolute atomic E-state index is 18.1. The van der Waals surface area contributed by atoms with Gasteiger partial charge >= 0.3 is 7.57 Å². The maximum atomic E-state index is 18.1.